The molecule has 0 saturated heterocycles. The van der Waals surface area contributed by atoms with Crippen molar-refractivity contribution in [1.29, 1.82) is 5.26 Å². The molecule has 5 heteroatoms. The molecule has 0 saturated carbocycles. The molecule has 1 heterocycles. The lowest BCUT2D eigenvalue weighted by Crippen LogP contribution is -1.97. The van der Waals surface area contributed by atoms with Gasteiger partial charge in [-0.2, -0.15) is 10.2 Å². The molecule has 1 N–H and O–H groups in total. The van der Waals surface area contributed by atoms with Crippen LogP contribution in [-0.2, 0) is 0 Å². The zero-order valence-corrected chi connectivity index (χ0v) is 10.2. The molecule has 2 rings (SSSR count). The fourth-order valence-electron chi connectivity index (χ4n) is 1.43. The van der Waals surface area contributed by atoms with Crippen LogP contribution in [0.5, 0.6) is 0 Å². The summed E-state index contributed by atoms with van der Waals surface area (Å²) in [7, 11) is 0. The van der Waals surface area contributed by atoms with E-state index < -0.39 is 0 Å². The molecule has 90 valence electrons. The van der Waals surface area contributed by atoms with Crippen molar-refractivity contribution in [2.75, 3.05) is 11.9 Å². The highest BCUT2D eigenvalue weighted by Gasteiger charge is 2.15. The molecule has 0 radical (unpaired) electrons. The van der Waals surface area contributed by atoms with Crippen LogP contribution in [0.1, 0.15) is 5.69 Å². The smallest absolute Gasteiger partial charge is 0.232 e. The molecular weight excluding hydrogens is 250 g/mol. The lowest BCUT2D eigenvalue weighted by molar-refractivity contribution is 0.587. The van der Waals surface area contributed by atoms with E-state index in [9.17, 15) is 0 Å². The lowest BCUT2D eigenvalue weighted by Gasteiger charge is -1.98. The Morgan fingerprint density at radius 2 is 2.28 bits per heavy atom. The predicted octanol–water partition coefficient (Wildman–Crippen LogP) is 3.46. The van der Waals surface area contributed by atoms with Gasteiger partial charge in [-0.3, -0.25) is 0 Å². The highest BCUT2D eigenvalue weighted by atomic mass is 35.5. The van der Waals surface area contributed by atoms with Crippen LogP contribution in [0.25, 0.3) is 11.5 Å². The van der Waals surface area contributed by atoms with Crippen LogP contribution in [0.2, 0.25) is 5.02 Å². The molecule has 1 aromatic carbocycles. The first-order chi connectivity index (χ1) is 8.76. The van der Waals surface area contributed by atoms with Crippen LogP contribution in [0.15, 0.2) is 41.3 Å². The minimum atomic E-state index is 0.201. The number of hydrogen-bond acceptors (Lipinski definition) is 4. The van der Waals surface area contributed by atoms with E-state index >= 15 is 0 Å². The van der Waals surface area contributed by atoms with Gasteiger partial charge >= 0.3 is 0 Å². The Kier molecular flexibility index (Phi) is 3.66. The topological polar surface area (TPSA) is 61.9 Å². The standard InChI is InChI=1S/C13H10ClN3O/c1-2-7-16-13-11(8-15)17-12(18-13)9-5-3-4-6-10(9)14/h2-6,16H,1,7H2. The van der Waals surface area contributed by atoms with Gasteiger partial charge in [-0.25, -0.2) is 0 Å². The largest absolute Gasteiger partial charge is 0.419 e. The molecule has 18 heavy (non-hydrogen) atoms. The summed E-state index contributed by atoms with van der Waals surface area (Å²) < 4.78 is 5.50. The molecule has 0 unspecified atom stereocenters. The second kappa shape index (κ2) is 5.39. The summed E-state index contributed by atoms with van der Waals surface area (Å²) in [5.74, 6) is 0.649. The number of benzene rings is 1. The highest BCUT2D eigenvalue weighted by Crippen LogP contribution is 2.30. The number of nitrogens with zero attached hydrogens (tertiary/aromatic N) is 2. The number of anilines is 1. The number of nitrogens with one attached hydrogen (secondary N) is 1. The van der Waals surface area contributed by atoms with Crippen LogP contribution >= 0.6 is 11.6 Å². The van der Waals surface area contributed by atoms with Crippen LogP contribution < -0.4 is 5.32 Å². The Labute approximate surface area is 110 Å². The summed E-state index contributed by atoms with van der Waals surface area (Å²) in [5, 5.41) is 12.4. The molecule has 0 aliphatic rings. The molecule has 0 bridgehead atoms. The third-order valence-electron chi connectivity index (χ3n) is 2.24. The third-order valence-corrected chi connectivity index (χ3v) is 2.57. The van der Waals surface area contributed by atoms with E-state index in [1.54, 1.807) is 18.2 Å². The van der Waals surface area contributed by atoms with Gasteiger partial charge in [0.2, 0.25) is 17.5 Å². The van der Waals surface area contributed by atoms with Crippen molar-refractivity contribution in [2.24, 2.45) is 0 Å². The number of nitriles is 1. The number of rotatable bonds is 4. The van der Waals surface area contributed by atoms with Gasteiger partial charge in [0, 0.05) is 6.54 Å². The van der Waals surface area contributed by atoms with Gasteiger partial charge in [0.25, 0.3) is 0 Å². The Balaban J connectivity index is 2.42. The minimum absolute atomic E-state index is 0.201. The maximum absolute atomic E-state index is 8.98. The van der Waals surface area contributed by atoms with Gasteiger partial charge in [0.05, 0.1) is 10.6 Å². The van der Waals surface area contributed by atoms with E-state index in [1.165, 1.54) is 0 Å². The van der Waals surface area contributed by atoms with Crippen molar-refractivity contribution in [3.05, 3.63) is 47.6 Å². The van der Waals surface area contributed by atoms with E-state index in [1.807, 2.05) is 18.2 Å². The maximum atomic E-state index is 8.98. The number of halogens is 1. The molecule has 0 spiro atoms. The minimum Gasteiger partial charge on any atom is -0.419 e. The van der Waals surface area contributed by atoms with Crippen LogP contribution in [0.4, 0.5) is 5.88 Å². The van der Waals surface area contributed by atoms with Crippen molar-refractivity contribution in [2.45, 2.75) is 0 Å². The van der Waals surface area contributed by atoms with Crippen molar-refractivity contribution in [3.8, 4) is 17.5 Å². The molecule has 2 aromatic rings. The molecule has 0 amide bonds. The average molecular weight is 260 g/mol. The summed E-state index contributed by atoms with van der Waals surface area (Å²) in [6, 6.07) is 9.14. The van der Waals surface area contributed by atoms with Crippen LogP contribution in [-0.4, -0.2) is 11.5 Å². The summed E-state index contributed by atoms with van der Waals surface area (Å²) in [4.78, 5) is 4.10. The summed E-state index contributed by atoms with van der Waals surface area (Å²) in [5.41, 5.74) is 0.856. The van der Waals surface area contributed by atoms with Gasteiger partial charge in [-0.05, 0) is 12.1 Å². The molecule has 0 aliphatic heterocycles. The fraction of sp³-hybridized carbons (Fsp3) is 0.0769. The third kappa shape index (κ3) is 2.36. The van der Waals surface area contributed by atoms with Crippen molar-refractivity contribution >= 4 is 17.5 Å². The van der Waals surface area contributed by atoms with Gasteiger partial charge < -0.3 is 9.73 Å². The first kappa shape index (κ1) is 12.2. The highest BCUT2D eigenvalue weighted by molar-refractivity contribution is 6.33. The Hall–Kier alpha value is -2.25. The van der Waals surface area contributed by atoms with Gasteiger partial charge in [0.15, 0.2) is 0 Å². The molecule has 0 fully saturated rings. The summed E-state index contributed by atoms with van der Waals surface area (Å²) in [6.45, 7) is 4.07. The summed E-state index contributed by atoms with van der Waals surface area (Å²) >= 11 is 6.05. The number of hydrogen-bond donors (Lipinski definition) is 1. The number of aromatic nitrogens is 1. The Morgan fingerprint density at radius 3 is 2.94 bits per heavy atom. The van der Waals surface area contributed by atoms with E-state index in [4.69, 9.17) is 21.3 Å². The fourth-order valence-corrected chi connectivity index (χ4v) is 1.65. The van der Waals surface area contributed by atoms with Gasteiger partial charge in [-0.1, -0.05) is 29.8 Å². The second-order valence-electron chi connectivity index (χ2n) is 3.46. The van der Waals surface area contributed by atoms with Crippen LogP contribution in [0.3, 0.4) is 0 Å². The average Bonchev–Trinajstić information content (AvgIpc) is 2.80. The molecule has 1 aromatic heterocycles. The molecule has 0 atom stereocenters. The lowest BCUT2D eigenvalue weighted by atomic mass is 10.2. The van der Waals surface area contributed by atoms with E-state index in [2.05, 4.69) is 16.9 Å². The van der Waals surface area contributed by atoms with Crippen molar-refractivity contribution in [3.63, 3.8) is 0 Å². The van der Waals surface area contributed by atoms with Gasteiger partial charge in [-0.15, -0.1) is 6.58 Å². The first-order valence-corrected chi connectivity index (χ1v) is 5.64. The predicted molar refractivity (Wildman–Crippen MR) is 70.4 cm³/mol. The summed E-state index contributed by atoms with van der Waals surface area (Å²) in [6.07, 6.45) is 1.67. The van der Waals surface area contributed by atoms with Gasteiger partial charge in [0.1, 0.15) is 6.07 Å². The Bertz CT molecular complexity index is 613. The van der Waals surface area contributed by atoms with E-state index in [0.29, 0.717) is 28.9 Å². The SMILES string of the molecule is C=CCNc1oc(-c2ccccc2Cl)nc1C#N. The molecule has 4 nitrogen and oxygen atoms in total. The van der Waals surface area contributed by atoms with E-state index in [0.717, 1.165) is 0 Å². The maximum Gasteiger partial charge on any atom is 0.232 e. The molecule has 0 aliphatic carbocycles. The van der Waals surface area contributed by atoms with Crippen molar-refractivity contribution in [1.82, 2.24) is 4.98 Å². The normalized spacial score (nSPS) is 9.78. The van der Waals surface area contributed by atoms with E-state index in [-0.39, 0.29) is 5.69 Å². The zero-order chi connectivity index (χ0) is 13.0. The van der Waals surface area contributed by atoms with Crippen LogP contribution in [0, 0.1) is 11.3 Å². The quantitative estimate of drug-likeness (QED) is 0.854. The molecular formula is C13H10ClN3O. The second-order valence-corrected chi connectivity index (χ2v) is 3.87. The first-order valence-electron chi connectivity index (χ1n) is 5.27. The van der Waals surface area contributed by atoms with Crippen molar-refractivity contribution < 1.29 is 4.42 Å². The number of oxazole rings is 1. The monoisotopic (exact) mass is 259 g/mol. The zero-order valence-electron chi connectivity index (χ0n) is 9.48. The Morgan fingerprint density at radius 1 is 1.50 bits per heavy atom.